The zero-order valence-electron chi connectivity index (χ0n) is 16.2. The summed E-state index contributed by atoms with van der Waals surface area (Å²) >= 11 is 0. The third-order valence-corrected chi connectivity index (χ3v) is 5.24. The van der Waals surface area contributed by atoms with Crippen molar-refractivity contribution in [2.24, 2.45) is 0 Å². The molecular weight excluding hydrogens is 364 g/mol. The second-order valence-corrected chi connectivity index (χ2v) is 7.22. The van der Waals surface area contributed by atoms with Crippen LogP contribution in [0.1, 0.15) is 0 Å². The predicted molar refractivity (Wildman–Crippen MR) is 114 cm³/mol. The van der Waals surface area contributed by atoms with Crippen molar-refractivity contribution < 1.29 is 0 Å². The molecule has 8 nitrogen and oxygen atoms in total. The van der Waals surface area contributed by atoms with E-state index in [4.69, 9.17) is 4.98 Å². The van der Waals surface area contributed by atoms with Crippen molar-refractivity contribution in [3.8, 4) is 11.4 Å². The van der Waals surface area contributed by atoms with Crippen molar-refractivity contribution in [1.29, 1.82) is 0 Å². The standard InChI is InChI=1S/C21H22N8/c1-28-10-12-29(13-11-28)17-4-2-16(3-5-17)24-21-19-18(14-23-27-19)25-20(26-21)15-6-8-22-9-7-15/h2-9,14H,10-13H2,1H3,(H,23,27)(H,24,25,26). The van der Waals surface area contributed by atoms with E-state index in [1.165, 1.54) is 5.69 Å². The molecule has 0 saturated carbocycles. The van der Waals surface area contributed by atoms with E-state index in [9.17, 15) is 0 Å². The first-order valence-corrected chi connectivity index (χ1v) is 9.68. The average molecular weight is 386 g/mol. The number of pyridine rings is 1. The van der Waals surface area contributed by atoms with Gasteiger partial charge in [0.25, 0.3) is 0 Å². The molecule has 0 radical (unpaired) electrons. The summed E-state index contributed by atoms with van der Waals surface area (Å²) in [5.74, 6) is 1.34. The number of aromatic amines is 1. The molecule has 1 aliphatic rings. The van der Waals surface area contributed by atoms with Gasteiger partial charge in [-0.3, -0.25) is 10.1 Å². The average Bonchev–Trinajstić information content (AvgIpc) is 3.25. The first-order valence-electron chi connectivity index (χ1n) is 9.68. The first-order chi connectivity index (χ1) is 14.3. The number of fused-ring (bicyclic) bond motifs is 1. The van der Waals surface area contributed by atoms with E-state index in [2.05, 4.69) is 66.6 Å². The fourth-order valence-corrected chi connectivity index (χ4v) is 3.52. The van der Waals surface area contributed by atoms with Gasteiger partial charge in [-0.25, -0.2) is 9.97 Å². The van der Waals surface area contributed by atoms with Crippen molar-refractivity contribution in [1.82, 2.24) is 30.0 Å². The van der Waals surface area contributed by atoms with Gasteiger partial charge in [-0.2, -0.15) is 5.10 Å². The Balaban J connectivity index is 1.42. The lowest BCUT2D eigenvalue weighted by Crippen LogP contribution is -2.44. The predicted octanol–water partition coefficient (Wildman–Crippen LogP) is 2.91. The van der Waals surface area contributed by atoms with Crippen LogP contribution in [0.2, 0.25) is 0 Å². The van der Waals surface area contributed by atoms with Crippen LogP contribution in [-0.4, -0.2) is 63.3 Å². The summed E-state index contributed by atoms with van der Waals surface area (Å²) in [6.45, 7) is 4.30. The van der Waals surface area contributed by atoms with Gasteiger partial charge in [-0.15, -0.1) is 0 Å². The second kappa shape index (κ2) is 7.48. The first kappa shape index (κ1) is 17.6. The maximum absolute atomic E-state index is 4.72. The number of hydrogen-bond acceptors (Lipinski definition) is 7. The topological polar surface area (TPSA) is 85.9 Å². The van der Waals surface area contributed by atoms with Crippen LogP contribution >= 0.6 is 0 Å². The van der Waals surface area contributed by atoms with Crippen LogP contribution in [-0.2, 0) is 0 Å². The van der Waals surface area contributed by atoms with Gasteiger partial charge in [-0.05, 0) is 43.4 Å². The number of H-pyrrole nitrogens is 1. The molecule has 3 aromatic heterocycles. The van der Waals surface area contributed by atoms with Gasteiger partial charge >= 0.3 is 0 Å². The van der Waals surface area contributed by atoms with E-state index >= 15 is 0 Å². The Labute approximate surface area is 168 Å². The third kappa shape index (κ3) is 3.62. The second-order valence-electron chi connectivity index (χ2n) is 7.22. The summed E-state index contributed by atoms with van der Waals surface area (Å²) in [7, 11) is 2.17. The van der Waals surface area contributed by atoms with Gasteiger partial charge in [0, 0.05) is 55.5 Å². The Hall–Kier alpha value is -3.52. The quantitative estimate of drug-likeness (QED) is 0.558. The lowest BCUT2D eigenvalue weighted by molar-refractivity contribution is 0.313. The van der Waals surface area contributed by atoms with E-state index in [1.54, 1.807) is 18.6 Å². The Kier molecular flexibility index (Phi) is 4.53. The molecule has 1 fully saturated rings. The molecule has 0 unspecified atom stereocenters. The molecule has 4 heterocycles. The van der Waals surface area contributed by atoms with Crippen LogP contribution in [0.3, 0.4) is 0 Å². The van der Waals surface area contributed by atoms with Gasteiger partial charge in [0.1, 0.15) is 11.0 Å². The molecule has 146 valence electrons. The minimum absolute atomic E-state index is 0.637. The number of nitrogens with one attached hydrogen (secondary N) is 2. The van der Waals surface area contributed by atoms with E-state index in [0.717, 1.165) is 48.5 Å². The van der Waals surface area contributed by atoms with E-state index in [1.807, 2.05) is 12.1 Å². The molecule has 0 aliphatic carbocycles. The monoisotopic (exact) mass is 386 g/mol. The molecule has 29 heavy (non-hydrogen) atoms. The minimum atomic E-state index is 0.637. The van der Waals surface area contributed by atoms with Crippen LogP contribution in [0.5, 0.6) is 0 Å². The lowest BCUT2D eigenvalue weighted by atomic mass is 10.2. The smallest absolute Gasteiger partial charge is 0.162 e. The van der Waals surface area contributed by atoms with Crippen molar-refractivity contribution >= 4 is 28.2 Å². The number of likely N-dealkylation sites (N-methyl/N-ethyl adjacent to an activating group) is 1. The minimum Gasteiger partial charge on any atom is -0.369 e. The molecule has 0 atom stereocenters. The molecule has 0 spiro atoms. The highest BCUT2D eigenvalue weighted by Crippen LogP contribution is 2.27. The molecule has 0 bridgehead atoms. The summed E-state index contributed by atoms with van der Waals surface area (Å²) in [4.78, 5) is 18.2. The largest absolute Gasteiger partial charge is 0.369 e. The number of rotatable bonds is 4. The van der Waals surface area contributed by atoms with Crippen molar-refractivity contribution in [3.05, 3.63) is 55.0 Å². The van der Waals surface area contributed by atoms with Gasteiger partial charge in [0.05, 0.1) is 6.20 Å². The summed E-state index contributed by atoms with van der Waals surface area (Å²) in [5.41, 5.74) is 4.68. The van der Waals surface area contributed by atoms with Gasteiger partial charge < -0.3 is 15.1 Å². The van der Waals surface area contributed by atoms with E-state index < -0.39 is 0 Å². The van der Waals surface area contributed by atoms with E-state index in [-0.39, 0.29) is 0 Å². The molecule has 1 aromatic carbocycles. The molecule has 1 saturated heterocycles. The number of anilines is 3. The molecular formula is C21H22N8. The fourth-order valence-electron chi connectivity index (χ4n) is 3.52. The molecule has 2 N–H and O–H groups in total. The van der Waals surface area contributed by atoms with Crippen LogP contribution in [0.4, 0.5) is 17.2 Å². The molecule has 4 aromatic rings. The third-order valence-electron chi connectivity index (χ3n) is 5.24. The lowest BCUT2D eigenvalue weighted by Gasteiger charge is -2.34. The molecule has 5 rings (SSSR count). The number of nitrogens with zero attached hydrogens (tertiary/aromatic N) is 6. The summed E-state index contributed by atoms with van der Waals surface area (Å²) in [5, 5.41) is 10.5. The molecule has 1 aliphatic heterocycles. The Morgan fingerprint density at radius 1 is 0.931 bits per heavy atom. The molecule has 0 amide bonds. The highest BCUT2D eigenvalue weighted by molar-refractivity contribution is 5.88. The van der Waals surface area contributed by atoms with Gasteiger partial charge in [0.15, 0.2) is 11.6 Å². The van der Waals surface area contributed by atoms with Crippen molar-refractivity contribution in [2.75, 3.05) is 43.4 Å². The summed E-state index contributed by atoms with van der Waals surface area (Å²) < 4.78 is 0. The van der Waals surface area contributed by atoms with Gasteiger partial charge in [0.2, 0.25) is 0 Å². The Morgan fingerprint density at radius 2 is 1.69 bits per heavy atom. The normalized spacial score (nSPS) is 15.0. The number of aromatic nitrogens is 5. The molecule has 8 heteroatoms. The SMILES string of the molecule is CN1CCN(c2ccc(Nc3nc(-c4ccncc4)nc4cn[nH]c34)cc2)CC1. The zero-order chi connectivity index (χ0) is 19.6. The Bertz CT molecular complexity index is 1100. The fraction of sp³-hybridized carbons (Fsp3) is 0.238. The summed E-state index contributed by atoms with van der Waals surface area (Å²) in [6, 6.07) is 12.3. The zero-order valence-corrected chi connectivity index (χ0v) is 16.2. The highest BCUT2D eigenvalue weighted by Gasteiger charge is 2.15. The Morgan fingerprint density at radius 3 is 2.45 bits per heavy atom. The van der Waals surface area contributed by atoms with Crippen LogP contribution in [0, 0.1) is 0 Å². The van der Waals surface area contributed by atoms with Crippen molar-refractivity contribution in [2.45, 2.75) is 0 Å². The number of hydrogen-bond donors (Lipinski definition) is 2. The maximum atomic E-state index is 4.72. The van der Waals surface area contributed by atoms with Crippen molar-refractivity contribution in [3.63, 3.8) is 0 Å². The van der Waals surface area contributed by atoms with Gasteiger partial charge in [-0.1, -0.05) is 0 Å². The van der Waals surface area contributed by atoms with Crippen LogP contribution in [0.15, 0.2) is 55.0 Å². The number of piperazine rings is 1. The van der Waals surface area contributed by atoms with Crippen LogP contribution < -0.4 is 10.2 Å². The van der Waals surface area contributed by atoms with Crippen LogP contribution in [0.25, 0.3) is 22.4 Å². The maximum Gasteiger partial charge on any atom is 0.162 e. The highest BCUT2D eigenvalue weighted by atomic mass is 15.2. The van der Waals surface area contributed by atoms with E-state index in [0.29, 0.717) is 11.6 Å². The summed E-state index contributed by atoms with van der Waals surface area (Å²) in [6.07, 6.45) is 5.19. The number of benzene rings is 1.